The minimum atomic E-state index is -0.374. The SMILES string of the molecule is O=[N+]([O-])c1ccccc1N1CCN(c2ccc(Cl)cc2F)CC1. The van der Waals surface area contributed by atoms with Gasteiger partial charge in [0.2, 0.25) is 0 Å². The molecule has 1 fully saturated rings. The largest absolute Gasteiger partial charge is 0.366 e. The van der Waals surface area contributed by atoms with Crippen molar-refractivity contribution in [3.8, 4) is 0 Å². The molecule has 0 bridgehead atoms. The summed E-state index contributed by atoms with van der Waals surface area (Å²) in [6.07, 6.45) is 0. The quantitative estimate of drug-likeness (QED) is 0.633. The van der Waals surface area contributed by atoms with Gasteiger partial charge in [0.05, 0.1) is 10.6 Å². The number of piperazine rings is 1. The van der Waals surface area contributed by atoms with Gasteiger partial charge >= 0.3 is 0 Å². The van der Waals surface area contributed by atoms with Crippen molar-refractivity contribution in [3.05, 3.63) is 63.4 Å². The Labute approximate surface area is 138 Å². The van der Waals surface area contributed by atoms with E-state index in [1.165, 1.54) is 12.1 Å². The summed E-state index contributed by atoms with van der Waals surface area (Å²) in [6, 6.07) is 11.3. The Kier molecular flexibility index (Phi) is 4.34. The van der Waals surface area contributed by atoms with Crippen molar-refractivity contribution in [2.45, 2.75) is 0 Å². The third-order valence-electron chi connectivity index (χ3n) is 3.95. The van der Waals surface area contributed by atoms with Gasteiger partial charge in [0.25, 0.3) is 5.69 Å². The first kappa shape index (κ1) is 15.6. The minimum absolute atomic E-state index is 0.0959. The maximum absolute atomic E-state index is 14.0. The Balaban J connectivity index is 1.75. The summed E-state index contributed by atoms with van der Waals surface area (Å²) in [7, 11) is 0. The Morgan fingerprint density at radius 2 is 1.61 bits per heavy atom. The summed E-state index contributed by atoms with van der Waals surface area (Å²) in [4.78, 5) is 14.6. The number of anilines is 2. The fourth-order valence-corrected chi connectivity index (χ4v) is 2.97. The molecule has 1 saturated heterocycles. The molecule has 3 rings (SSSR count). The Morgan fingerprint density at radius 1 is 1.00 bits per heavy atom. The van der Waals surface area contributed by atoms with E-state index >= 15 is 0 Å². The standard InChI is InChI=1S/C16H15ClFN3O2/c17-12-5-6-14(13(18)11-12)19-7-9-20(10-8-19)15-3-1-2-4-16(15)21(22)23/h1-6,11H,7-10H2. The number of benzene rings is 2. The number of nitro groups is 1. The van der Waals surface area contributed by atoms with Gasteiger partial charge in [-0.15, -0.1) is 0 Å². The van der Waals surface area contributed by atoms with Crippen molar-refractivity contribution in [2.24, 2.45) is 0 Å². The first-order valence-corrected chi connectivity index (χ1v) is 7.62. The molecule has 0 aliphatic carbocycles. The van der Waals surface area contributed by atoms with Crippen molar-refractivity contribution in [2.75, 3.05) is 36.0 Å². The molecule has 23 heavy (non-hydrogen) atoms. The van der Waals surface area contributed by atoms with Gasteiger partial charge in [-0.2, -0.15) is 0 Å². The number of para-hydroxylation sites is 2. The first-order chi connectivity index (χ1) is 11.1. The van der Waals surface area contributed by atoms with Gasteiger partial charge in [-0.25, -0.2) is 4.39 Å². The van der Waals surface area contributed by atoms with E-state index in [9.17, 15) is 14.5 Å². The van der Waals surface area contributed by atoms with Crippen LogP contribution in [0.1, 0.15) is 0 Å². The number of nitrogens with zero attached hydrogens (tertiary/aromatic N) is 3. The molecular weight excluding hydrogens is 321 g/mol. The number of halogens is 2. The van der Waals surface area contributed by atoms with Crippen LogP contribution in [-0.2, 0) is 0 Å². The second-order valence-electron chi connectivity index (χ2n) is 5.32. The lowest BCUT2D eigenvalue weighted by Crippen LogP contribution is -2.47. The summed E-state index contributed by atoms with van der Waals surface area (Å²) >= 11 is 5.78. The van der Waals surface area contributed by atoms with Crippen LogP contribution in [0.2, 0.25) is 5.02 Å². The van der Waals surface area contributed by atoms with E-state index < -0.39 is 0 Å². The van der Waals surface area contributed by atoms with E-state index in [0.717, 1.165) is 0 Å². The van der Waals surface area contributed by atoms with E-state index in [2.05, 4.69) is 0 Å². The monoisotopic (exact) mass is 335 g/mol. The van der Waals surface area contributed by atoms with E-state index in [4.69, 9.17) is 11.6 Å². The molecule has 2 aromatic rings. The topological polar surface area (TPSA) is 49.6 Å². The second-order valence-corrected chi connectivity index (χ2v) is 5.75. The molecule has 1 aliphatic heterocycles. The molecule has 1 heterocycles. The summed E-state index contributed by atoms with van der Waals surface area (Å²) in [6.45, 7) is 2.36. The molecule has 0 unspecified atom stereocenters. The summed E-state index contributed by atoms with van der Waals surface area (Å²) in [5.41, 5.74) is 1.21. The maximum Gasteiger partial charge on any atom is 0.292 e. The zero-order chi connectivity index (χ0) is 16.4. The molecular formula is C16H15ClFN3O2. The minimum Gasteiger partial charge on any atom is -0.366 e. The second kappa shape index (κ2) is 6.42. The fourth-order valence-electron chi connectivity index (χ4n) is 2.81. The van der Waals surface area contributed by atoms with Crippen LogP contribution in [-0.4, -0.2) is 31.1 Å². The molecule has 0 amide bonds. The molecule has 0 aromatic heterocycles. The van der Waals surface area contributed by atoms with Crippen LogP contribution >= 0.6 is 11.6 Å². The molecule has 120 valence electrons. The summed E-state index contributed by atoms with van der Waals surface area (Å²) in [5.74, 6) is -0.350. The van der Waals surface area contributed by atoms with Crippen molar-refractivity contribution in [3.63, 3.8) is 0 Å². The van der Waals surface area contributed by atoms with Gasteiger partial charge in [0.15, 0.2) is 0 Å². The van der Waals surface area contributed by atoms with E-state index in [1.54, 1.807) is 30.3 Å². The molecule has 5 nitrogen and oxygen atoms in total. The maximum atomic E-state index is 14.0. The van der Waals surface area contributed by atoms with Crippen LogP contribution in [0.4, 0.5) is 21.5 Å². The van der Waals surface area contributed by atoms with Crippen LogP contribution < -0.4 is 9.80 Å². The predicted molar refractivity (Wildman–Crippen MR) is 88.9 cm³/mol. The molecule has 0 spiro atoms. The average Bonchev–Trinajstić information content (AvgIpc) is 2.55. The third-order valence-corrected chi connectivity index (χ3v) is 4.18. The van der Waals surface area contributed by atoms with E-state index in [0.29, 0.717) is 42.6 Å². The molecule has 0 saturated carbocycles. The van der Waals surface area contributed by atoms with Crippen LogP contribution in [0.3, 0.4) is 0 Å². The summed E-state index contributed by atoms with van der Waals surface area (Å²) < 4.78 is 14.0. The third kappa shape index (κ3) is 3.22. The zero-order valence-corrected chi connectivity index (χ0v) is 13.0. The fraction of sp³-hybridized carbons (Fsp3) is 0.250. The van der Waals surface area contributed by atoms with Gasteiger partial charge in [-0.05, 0) is 24.3 Å². The average molecular weight is 336 g/mol. The highest BCUT2D eigenvalue weighted by atomic mass is 35.5. The van der Waals surface area contributed by atoms with Gasteiger partial charge in [0.1, 0.15) is 11.5 Å². The highest BCUT2D eigenvalue weighted by molar-refractivity contribution is 6.30. The number of hydrogen-bond donors (Lipinski definition) is 0. The van der Waals surface area contributed by atoms with Crippen LogP contribution in [0, 0.1) is 15.9 Å². The predicted octanol–water partition coefficient (Wildman–Crippen LogP) is 3.71. The number of nitro benzene ring substituents is 1. The van der Waals surface area contributed by atoms with Crippen molar-refractivity contribution in [1.82, 2.24) is 0 Å². The van der Waals surface area contributed by atoms with E-state index in [-0.39, 0.29) is 16.4 Å². The highest BCUT2D eigenvalue weighted by Gasteiger charge is 2.24. The van der Waals surface area contributed by atoms with Gasteiger partial charge in [-0.1, -0.05) is 23.7 Å². The van der Waals surface area contributed by atoms with Crippen molar-refractivity contribution >= 4 is 28.7 Å². The van der Waals surface area contributed by atoms with Crippen LogP contribution in [0.25, 0.3) is 0 Å². The lowest BCUT2D eigenvalue weighted by atomic mass is 10.2. The molecule has 7 heteroatoms. The first-order valence-electron chi connectivity index (χ1n) is 7.24. The zero-order valence-electron chi connectivity index (χ0n) is 12.3. The smallest absolute Gasteiger partial charge is 0.292 e. The number of rotatable bonds is 3. The van der Waals surface area contributed by atoms with Crippen LogP contribution in [0.5, 0.6) is 0 Å². The molecule has 1 aliphatic rings. The Bertz CT molecular complexity index is 733. The van der Waals surface area contributed by atoms with Crippen molar-refractivity contribution < 1.29 is 9.31 Å². The normalized spacial score (nSPS) is 14.9. The lowest BCUT2D eigenvalue weighted by molar-refractivity contribution is -0.384. The lowest BCUT2D eigenvalue weighted by Gasteiger charge is -2.37. The molecule has 2 aromatic carbocycles. The van der Waals surface area contributed by atoms with E-state index in [1.807, 2.05) is 9.80 Å². The van der Waals surface area contributed by atoms with Crippen molar-refractivity contribution in [1.29, 1.82) is 0 Å². The van der Waals surface area contributed by atoms with Gasteiger partial charge in [-0.3, -0.25) is 10.1 Å². The molecule has 0 N–H and O–H groups in total. The van der Waals surface area contributed by atoms with Gasteiger partial charge in [0, 0.05) is 37.3 Å². The highest BCUT2D eigenvalue weighted by Crippen LogP contribution is 2.30. The Morgan fingerprint density at radius 3 is 2.22 bits per heavy atom. The molecule has 0 atom stereocenters. The summed E-state index contributed by atoms with van der Waals surface area (Å²) in [5, 5.41) is 11.5. The Hall–Kier alpha value is -2.34. The number of hydrogen-bond acceptors (Lipinski definition) is 4. The van der Waals surface area contributed by atoms with Crippen LogP contribution in [0.15, 0.2) is 42.5 Å². The molecule has 0 radical (unpaired) electrons. The van der Waals surface area contributed by atoms with Gasteiger partial charge < -0.3 is 9.80 Å².